The van der Waals surface area contributed by atoms with Crippen LogP contribution in [0.3, 0.4) is 0 Å². The summed E-state index contributed by atoms with van der Waals surface area (Å²) in [4.78, 5) is 33.6. The van der Waals surface area contributed by atoms with Gasteiger partial charge in [0, 0.05) is 5.92 Å². The maximum atomic E-state index is 13.4. The number of nitrogens with two attached hydrogens (primary N) is 1. The first-order valence-corrected chi connectivity index (χ1v) is 11.5. The molecule has 0 spiro atoms. The molecule has 0 aliphatic rings. The third-order valence-corrected chi connectivity index (χ3v) is 5.86. The fourth-order valence-electron chi connectivity index (χ4n) is 3.83. The van der Waals surface area contributed by atoms with Gasteiger partial charge in [-0.15, -0.1) is 0 Å². The van der Waals surface area contributed by atoms with Gasteiger partial charge >= 0.3 is 0 Å². The number of aliphatic hydroxyl groups excluding tert-OH is 1. The van der Waals surface area contributed by atoms with Gasteiger partial charge in [-0.05, 0) is 69.4 Å². The highest BCUT2D eigenvalue weighted by Crippen LogP contribution is 2.22. The smallest absolute Gasteiger partial charge is 0.271 e. The van der Waals surface area contributed by atoms with E-state index in [2.05, 4.69) is 15.3 Å². The second-order valence-corrected chi connectivity index (χ2v) is 9.41. The second kappa shape index (κ2) is 11.3. The summed E-state index contributed by atoms with van der Waals surface area (Å²) in [6.45, 7) is 3.26. The number of fused-ring (bicyclic) bond motifs is 1. The highest BCUT2D eigenvalue weighted by molar-refractivity contribution is 5.94. The van der Waals surface area contributed by atoms with Crippen molar-refractivity contribution in [3.63, 3.8) is 0 Å². The zero-order chi connectivity index (χ0) is 25.6. The second-order valence-electron chi connectivity index (χ2n) is 9.41. The highest BCUT2D eigenvalue weighted by Gasteiger charge is 2.29. The van der Waals surface area contributed by atoms with Gasteiger partial charge in [0.1, 0.15) is 11.5 Å². The fraction of sp³-hybridized carbons (Fsp3) is 0.385. The molecule has 3 atom stereocenters. The number of para-hydroxylation sites is 2. The minimum Gasteiger partial charge on any atom is -0.391 e. The van der Waals surface area contributed by atoms with Crippen molar-refractivity contribution in [1.82, 2.24) is 15.3 Å². The summed E-state index contributed by atoms with van der Waals surface area (Å²) in [6, 6.07) is 12.0. The van der Waals surface area contributed by atoms with Crippen LogP contribution in [0.1, 0.15) is 49.2 Å². The van der Waals surface area contributed by atoms with Crippen molar-refractivity contribution >= 4 is 22.8 Å². The van der Waals surface area contributed by atoms with Crippen molar-refractivity contribution in [3.8, 4) is 0 Å². The number of rotatable bonds is 11. The van der Waals surface area contributed by atoms with Crippen LogP contribution in [-0.2, 0) is 11.2 Å². The topological polar surface area (TPSA) is 138 Å². The normalized spacial score (nSPS) is 14.3. The number of benzene rings is 2. The molecular formula is C26H31FN4O4. The molecule has 186 valence electrons. The van der Waals surface area contributed by atoms with Crippen molar-refractivity contribution in [3.05, 3.63) is 71.8 Å². The summed E-state index contributed by atoms with van der Waals surface area (Å²) in [5.41, 5.74) is 6.52. The van der Waals surface area contributed by atoms with Crippen LogP contribution >= 0.6 is 0 Å². The third kappa shape index (κ3) is 7.80. The van der Waals surface area contributed by atoms with Crippen molar-refractivity contribution in [2.24, 2.45) is 11.7 Å². The lowest BCUT2D eigenvalue weighted by Gasteiger charge is -2.28. The van der Waals surface area contributed by atoms with Crippen LogP contribution in [0.5, 0.6) is 0 Å². The van der Waals surface area contributed by atoms with E-state index < -0.39 is 41.3 Å². The molecule has 1 unspecified atom stereocenters. The van der Waals surface area contributed by atoms with E-state index in [-0.39, 0.29) is 25.0 Å². The number of carbonyl (C=O) groups excluding carboxylic acids is 2. The molecule has 0 aliphatic heterocycles. The van der Waals surface area contributed by atoms with Crippen LogP contribution in [-0.4, -0.2) is 49.7 Å². The number of halogens is 1. The highest BCUT2D eigenvalue weighted by atomic mass is 19.1. The van der Waals surface area contributed by atoms with E-state index in [4.69, 9.17) is 5.73 Å². The number of aliphatic hydroxyl groups is 2. The molecule has 0 aliphatic carbocycles. The summed E-state index contributed by atoms with van der Waals surface area (Å²) in [6.07, 6.45) is 0.982. The van der Waals surface area contributed by atoms with Crippen LogP contribution in [0, 0.1) is 11.7 Å². The molecule has 8 nitrogen and oxygen atoms in total. The number of primary amides is 1. The van der Waals surface area contributed by atoms with Gasteiger partial charge in [-0.1, -0.05) is 24.3 Å². The van der Waals surface area contributed by atoms with Crippen molar-refractivity contribution < 1.29 is 24.2 Å². The zero-order valence-electron chi connectivity index (χ0n) is 19.8. The lowest BCUT2D eigenvalue weighted by atomic mass is 9.87. The Morgan fingerprint density at radius 2 is 1.77 bits per heavy atom. The van der Waals surface area contributed by atoms with E-state index in [0.29, 0.717) is 23.0 Å². The SMILES string of the molecule is CC(C)(O)CCC(C[C@H](O)[C@H](Cc1ccc(F)cc1)NC(=O)c1cnc2ccccc2n1)C(N)=O. The Labute approximate surface area is 203 Å². The Morgan fingerprint density at radius 1 is 1.11 bits per heavy atom. The van der Waals surface area contributed by atoms with E-state index >= 15 is 0 Å². The Bertz CT molecular complexity index is 1160. The molecule has 0 saturated carbocycles. The molecule has 0 saturated heterocycles. The first-order valence-electron chi connectivity index (χ1n) is 11.5. The molecule has 2 amide bonds. The van der Waals surface area contributed by atoms with E-state index in [1.807, 2.05) is 6.07 Å². The minimum absolute atomic E-state index is 0.0129. The monoisotopic (exact) mass is 482 g/mol. The molecule has 1 heterocycles. The van der Waals surface area contributed by atoms with Gasteiger partial charge in [-0.3, -0.25) is 14.6 Å². The molecule has 9 heteroatoms. The first kappa shape index (κ1) is 26.2. The fourth-order valence-corrected chi connectivity index (χ4v) is 3.83. The zero-order valence-corrected chi connectivity index (χ0v) is 19.8. The lowest BCUT2D eigenvalue weighted by molar-refractivity contribution is -0.123. The molecule has 1 aromatic heterocycles. The standard InChI is InChI=1S/C26H31FN4O4/c1-26(2,35)12-11-17(24(28)33)14-23(32)21(13-16-7-9-18(27)10-8-16)31-25(34)22-15-29-19-5-3-4-6-20(19)30-22/h3-10,15,17,21,23,32,35H,11-14H2,1-2H3,(H2,28,33)(H,31,34)/t17?,21-,23-/m0/s1. The third-order valence-electron chi connectivity index (χ3n) is 5.86. The van der Waals surface area contributed by atoms with Crippen molar-refractivity contribution in [1.29, 1.82) is 0 Å². The number of nitrogens with one attached hydrogen (secondary N) is 1. The number of nitrogens with zero attached hydrogens (tertiary/aromatic N) is 2. The summed E-state index contributed by atoms with van der Waals surface area (Å²) < 4.78 is 13.4. The largest absolute Gasteiger partial charge is 0.391 e. The van der Waals surface area contributed by atoms with Crippen LogP contribution in [0.4, 0.5) is 4.39 Å². The molecule has 35 heavy (non-hydrogen) atoms. The molecule has 0 bridgehead atoms. The summed E-state index contributed by atoms with van der Waals surface area (Å²) >= 11 is 0. The molecular weight excluding hydrogens is 451 g/mol. The molecule has 2 aromatic carbocycles. The number of hydrogen-bond acceptors (Lipinski definition) is 6. The Hall–Kier alpha value is -3.43. The van der Waals surface area contributed by atoms with Crippen molar-refractivity contribution in [2.45, 2.75) is 57.3 Å². The number of amides is 2. The van der Waals surface area contributed by atoms with Gasteiger partial charge in [0.25, 0.3) is 5.91 Å². The van der Waals surface area contributed by atoms with Crippen molar-refractivity contribution in [2.75, 3.05) is 0 Å². The lowest BCUT2D eigenvalue weighted by Crippen LogP contribution is -2.46. The van der Waals surface area contributed by atoms with E-state index in [1.54, 1.807) is 44.2 Å². The Balaban J connectivity index is 1.80. The van der Waals surface area contributed by atoms with E-state index in [9.17, 15) is 24.2 Å². The van der Waals surface area contributed by atoms with Gasteiger partial charge in [0.05, 0.1) is 35.0 Å². The number of aromatic nitrogens is 2. The van der Waals surface area contributed by atoms with Gasteiger partial charge in [0.15, 0.2) is 0 Å². The van der Waals surface area contributed by atoms with Gasteiger partial charge < -0.3 is 21.3 Å². The molecule has 0 fully saturated rings. The first-order chi connectivity index (χ1) is 16.5. The quantitative estimate of drug-likeness (QED) is 0.331. The average Bonchev–Trinajstić information content (AvgIpc) is 2.81. The van der Waals surface area contributed by atoms with Gasteiger partial charge in [0.2, 0.25) is 5.91 Å². The molecule has 3 rings (SSSR count). The predicted octanol–water partition coefficient (Wildman–Crippen LogP) is 2.51. The van der Waals surface area contributed by atoms with Crippen LogP contribution in [0.15, 0.2) is 54.7 Å². The molecule has 0 radical (unpaired) electrons. The minimum atomic E-state index is -1.14. The van der Waals surface area contributed by atoms with Gasteiger partial charge in [-0.25, -0.2) is 9.37 Å². The van der Waals surface area contributed by atoms with Crippen LogP contribution < -0.4 is 11.1 Å². The maximum absolute atomic E-state index is 13.4. The van der Waals surface area contributed by atoms with E-state index in [1.165, 1.54) is 18.3 Å². The number of carbonyl (C=O) groups is 2. The number of hydrogen-bond donors (Lipinski definition) is 4. The molecule has 5 N–H and O–H groups in total. The van der Waals surface area contributed by atoms with Gasteiger partial charge in [-0.2, -0.15) is 0 Å². The summed E-state index contributed by atoms with van der Waals surface area (Å²) in [5, 5.41) is 23.9. The van der Waals surface area contributed by atoms with E-state index in [0.717, 1.165) is 0 Å². The maximum Gasteiger partial charge on any atom is 0.271 e. The van der Waals surface area contributed by atoms with Crippen LogP contribution in [0.25, 0.3) is 11.0 Å². The predicted molar refractivity (Wildman–Crippen MR) is 130 cm³/mol. The Kier molecular flexibility index (Phi) is 8.48. The summed E-state index contributed by atoms with van der Waals surface area (Å²) in [5.74, 6) is -2.24. The summed E-state index contributed by atoms with van der Waals surface area (Å²) in [7, 11) is 0. The average molecular weight is 483 g/mol. The Morgan fingerprint density at radius 3 is 2.40 bits per heavy atom. The van der Waals surface area contributed by atoms with Crippen LogP contribution in [0.2, 0.25) is 0 Å². The molecule has 3 aromatic rings.